The number of nitrogens with one attached hydrogen (secondary N) is 2. The molecule has 5 nitrogen and oxygen atoms in total. The predicted molar refractivity (Wildman–Crippen MR) is 80.3 cm³/mol. The molecule has 0 heterocycles. The molecule has 1 aromatic rings. The van der Waals surface area contributed by atoms with E-state index >= 15 is 0 Å². The van der Waals surface area contributed by atoms with Crippen LogP contribution in [-0.2, 0) is 9.53 Å². The molecule has 1 amide bonds. The van der Waals surface area contributed by atoms with Crippen molar-refractivity contribution in [2.75, 3.05) is 33.4 Å². The minimum absolute atomic E-state index is 0.0186. The van der Waals surface area contributed by atoms with E-state index in [0.717, 1.165) is 18.7 Å². The standard InChI is InChI=1S/C15H25N3O2/c1-12(14(16)13-6-4-3-5-7-13)15(19)18-9-8-17-10-11-20-2/h3-7,12,14,17H,8-11,16H2,1-2H3,(H,18,19). The van der Waals surface area contributed by atoms with Crippen molar-refractivity contribution in [1.29, 1.82) is 0 Å². The molecule has 0 fully saturated rings. The van der Waals surface area contributed by atoms with Gasteiger partial charge in [-0.15, -0.1) is 0 Å². The van der Waals surface area contributed by atoms with Crippen molar-refractivity contribution in [2.45, 2.75) is 13.0 Å². The second-order valence-corrected chi connectivity index (χ2v) is 4.76. The summed E-state index contributed by atoms with van der Waals surface area (Å²) in [4.78, 5) is 12.0. The van der Waals surface area contributed by atoms with E-state index in [1.807, 2.05) is 37.3 Å². The fourth-order valence-corrected chi connectivity index (χ4v) is 1.86. The molecule has 1 rings (SSSR count). The highest BCUT2D eigenvalue weighted by Crippen LogP contribution is 2.18. The lowest BCUT2D eigenvalue weighted by molar-refractivity contribution is -0.125. The number of rotatable bonds is 9. The zero-order valence-electron chi connectivity index (χ0n) is 12.3. The maximum absolute atomic E-state index is 12.0. The minimum Gasteiger partial charge on any atom is -0.383 e. The van der Waals surface area contributed by atoms with Gasteiger partial charge in [0.05, 0.1) is 12.5 Å². The van der Waals surface area contributed by atoms with Crippen LogP contribution in [0.25, 0.3) is 0 Å². The Morgan fingerprint density at radius 3 is 2.60 bits per heavy atom. The Morgan fingerprint density at radius 1 is 1.25 bits per heavy atom. The van der Waals surface area contributed by atoms with Gasteiger partial charge < -0.3 is 21.1 Å². The van der Waals surface area contributed by atoms with E-state index in [1.54, 1.807) is 7.11 Å². The molecule has 0 aliphatic heterocycles. The molecule has 0 bridgehead atoms. The van der Waals surface area contributed by atoms with Gasteiger partial charge in [0.2, 0.25) is 5.91 Å². The van der Waals surface area contributed by atoms with Crippen molar-refractivity contribution in [2.24, 2.45) is 11.7 Å². The van der Waals surface area contributed by atoms with Crippen molar-refractivity contribution in [1.82, 2.24) is 10.6 Å². The number of benzene rings is 1. The first-order valence-electron chi connectivity index (χ1n) is 6.94. The van der Waals surface area contributed by atoms with Crippen LogP contribution >= 0.6 is 0 Å². The molecule has 0 saturated heterocycles. The summed E-state index contributed by atoms with van der Waals surface area (Å²) in [7, 11) is 1.66. The zero-order valence-corrected chi connectivity index (χ0v) is 12.3. The highest BCUT2D eigenvalue weighted by molar-refractivity contribution is 5.79. The Bertz CT molecular complexity index is 384. The van der Waals surface area contributed by atoms with Gasteiger partial charge in [0.15, 0.2) is 0 Å². The van der Waals surface area contributed by atoms with E-state index in [9.17, 15) is 4.79 Å². The topological polar surface area (TPSA) is 76.4 Å². The number of methoxy groups -OCH3 is 1. The van der Waals surface area contributed by atoms with Crippen LogP contribution in [-0.4, -0.2) is 39.3 Å². The molecule has 20 heavy (non-hydrogen) atoms. The van der Waals surface area contributed by atoms with Gasteiger partial charge in [-0.05, 0) is 5.56 Å². The van der Waals surface area contributed by atoms with E-state index in [-0.39, 0.29) is 17.9 Å². The maximum Gasteiger partial charge on any atom is 0.224 e. The van der Waals surface area contributed by atoms with Gasteiger partial charge in [0, 0.05) is 32.8 Å². The summed E-state index contributed by atoms with van der Waals surface area (Å²) in [5.41, 5.74) is 7.10. The van der Waals surface area contributed by atoms with Gasteiger partial charge in [0.25, 0.3) is 0 Å². The van der Waals surface area contributed by atoms with Crippen LogP contribution in [0, 0.1) is 5.92 Å². The highest BCUT2D eigenvalue weighted by atomic mass is 16.5. The molecule has 1 aromatic carbocycles. The van der Waals surface area contributed by atoms with Crippen molar-refractivity contribution in [3.8, 4) is 0 Å². The van der Waals surface area contributed by atoms with Crippen molar-refractivity contribution in [3.05, 3.63) is 35.9 Å². The number of ether oxygens (including phenoxy) is 1. The second-order valence-electron chi connectivity index (χ2n) is 4.76. The zero-order chi connectivity index (χ0) is 14.8. The smallest absolute Gasteiger partial charge is 0.224 e. The molecular weight excluding hydrogens is 254 g/mol. The van der Waals surface area contributed by atoms with Gasteiger partial charge in [-0.2, -0.15) is 0 Å². The summed E-state index contributed by atoms with van der Waals surface area (Å²) in [6.07, 6.45) is 0. The molecule has 5 heteroatoms. The van der Waals surface area contributed by atoms with Gasteiger partial charge in [0.1, 0.15) is 0 Å². The monoisotopic (exact) mass is 279 g/mol. The summed E-state index contributed by atoms with van der Waals surface area (Å²) >= 11 is 0. The Kier molecular flexibility index (Phi) is 7.87. The quantitative estimate of drug-likeness (QED) is 0.581. The predicted octanol–water partition coefficient (Wildman–Crippen LogP) is 0.675. The van der Waals surface area contributed by atoms with Crippen molar-refractivity contribution < 1.29 is 9.53 Å². The average Bonchev–Trinajstić information content (AvgIpc) is 2.50. The third-order valence-electron chi connectivity index (χ3n) is 3.22. The summed E-state index contributed by atoms with van der Waals surface area (Å²) in [5, 5.41) is 6.06. The first-order chi connectivity index (χ1) is 9.66. The number of carbonyl (C=O) groups excluding carboxylic acids is 1. The molecule has 4 N–H and O–H groups in total. The third kappa shape index (κ3) is 5.69. The average molecular weight is 279 g/mol. The normalized spacial score (nSPS) is 13.8. The number of hydrogen-bond acceptors (Lipinski definition) is 4. The van der Waals surface area contributed by atoms with Crippen LogP contribution < -0.4 is 16.4 Å². The van der Waals surface area contributed by atoms with Crippen LogP contribution in [0.4, 0.5) is 0 Å². The van der Waals surface area contributed by atoms with Crippen molar-refractivity contribution in [3.63, 3.8) is 0 Å². The number of hydrogen-bond donors (Lipinski definition) is 3. The lowest BCUT2D eigenvalue weighted by atomic mass is 9.95. The van der Waals surface area contributed by atoms with Gasteiger partial charge in [-0.25, -0.2) is 0 Å². The highest BCUT2D eigenvalue weighted by Gasteiger charge is 2.21. The Hall–Kier alpha value is -1.43. The van der Waals surface area contributed by atoms with E-state index in [0.29, 0.717) is 13.2 Å². The summed E-state index contributed by atoms with van der Waals surface area (Å²) in [6.45, 7) is 4.62. The van der Waals surface area contributed by atoms with Crippen LogP contribution in [0.5, 0.6) is 0 Å². The number of carbonyl (C=O) groups is 1. The van der Waals surface area contributed by atoms with Crippen LogP contribution in [0.3, 0.4) is 0 Å². The van der Waals surface area contributed by atoms with E-state index in [4.69, 9.17) is 10.5 Å². The summed E-state index contributed by atoms with van der Waals surface area (Å²) in [5.74, 6) is -0.272. The molecular formula is C15H25N3O2. The first kappa shape index (κ1) is 16.6. The van der Waals surface area contributed by atoms with Gasteiger partial charge in [-0.1, -0.05) is 37.3 Å². The largest absolute Gasteiger partial charge is 0.383 e. The molecule has 0 aliphatic rings. The molecule has 0 radical (unpaired) electrons. The van der Waals surface area contributed by atoms with Gasteiger partial charge >= 0.3 is 0 Å². The SMILES string of the molecule is COCCNCCNC(=O)C(C)C(N)c1ccccc1. The molecule has 2 unspecified atom stereocenters. The fraction of sp³-hybridized carbons (Fsp3) is 0.533. The Morgan fingerprint density at radius 2 is 1.95 bits per heavy atom. The summed E-state index contributed by atoms with van der Waals surface area (Å²) < 4.78 is 4.92. The van der Waals surface area contributed by atoms with Gasteiger partial charge in [-0.3, -0.25) is 4.79 Å². The molecule has 0 saturated carbocycles. The van der Waals surface area contributed by atoms with Crippen LogP contribution in [0.15, 0.2) is 30.3 Å². The molecule has 112 valence electrons. The van der Waals surface area contributed by atoms with E-state index in [2.05, 4.69) is 10.6 Å². The molecule has 0 spiro atoms. The van der Waals surface area contributed by atoms with Crippen LogP contribution in [0.2, 0.25) is 0 Å². The third-order valence-corrected chi connectivity index (χ3v) is 3.22. The van der Waals surface area contributed by atoms with E-state index in [1.165, 1.54) is 0 Å². The lowest BCUT2D eigenvalue weighted by Gasteiger charge is -2.19. The molecule has 0 aromatic heterocycles. The Labute approximate surface area is 120 Å². The minimum atomic E-state index is -0.280. The number of amides is 1. The molecule has 0 aliphatic carbocycles. The first-order valence-corrected chi connectivity index (χ1v) is 6.94. The fourth-order valence-electron chi connectivity index (χ4n) is 1.86. The van der Waals surface area contributed by atoms with E-state index < -0.39 is 0 Å². The maximum atomic E-state index is 12.0. The Balaban J connectivity index is 2.28. The van der Waals surface area contributed by atoms with Crippen molar-refractivity contribution >= 4 is 5.91 Å². The summed E-state index contributed by atoms with van der Waals surface area (Å²) in [6, 6.07) is 9.41. The number of nitrogens with two attached hydrogens (primary N) is 1. The molecule has 2 atom stereocenters. The lowest BCUT2D eigenvalue weighted by Crippen LogP contribution is -2.39. The second kappa shape index (κ2) is 9.47. The van der Waals surface area contributed by atoms with Crippen LogP contribution in [0.1, 0.15) is 18.5 Å².